The molecule has 166 valence electrons. The summed E-state index contributed by atoms with van der Waals surface area (Å²) in [6.45, 7) is 3.38. The fraction of sp³-hybridized carbons (Fsp3) is 0.263. The highest BCUT2D eigenvalue weighted by atomic mass is 35.5. The van der Waals surface area contributed by atoms with Gasteiger partial charge in [0.2, 0.25) is 0 Å². The molecule has 0 fully saturated rings. The number of hydrogen-bond acceptors (Lipinski definition) is 8. The first-order chi connectivity index (χ1) is 14.6. The van der Waals surface area contributed by atoms with Gasteiger partial charge in [0.05, 0.1) is 37.0 Å². The number of amides is 1. The van der Waals surface area contributed by atoms with Gasteiger partial charge in [-0.1, -0.05) is 23.2 Å². The minimum Gasteiger partial charge on any atom is -0.494 e. The first-order valence-corrected chi connectivity index (χ1v) is 10.7. The third-order valence-electron chi connectivity index (χ3n) is 3.91. The van der Waals surface area contributed by atoms with Crippen molar-refractivity contribution < 1.29 is 28.6 Å². The van der Waals surface area contributed by atoms with Gasteiger partial charge in [-0.05, 0) is 43.8 Å². The molecule has 2 N–H and O–H groups in total. The molecule has 0 saturated carbocycles. The molecule has 0 spiro atoms. The third kappa shape index (κ3) is 5.65. The van der Waals surface area contributed by atoms with Crippen molar-refractivity contribution in [3.63, 3.8) is 0 Å². The first-order valence-electron chi connectivity index (χ1n) is 8.68. The predicted molar refractivity (Wildman–Crippen MR) is 123 cm³/mol. The largest absolute Gasteiger partial charge is 0.494 e. The Labute approximate surface area is 197 Å². The molecule has 2 rings (SSSR count). The lowest BCUT2D eigenvalue weighted by molar-refractivity contribution is 0.0527. The maximum atomic E-state index is 12.7. The van der Waals surface area contributed by atoms with Crippen LogP contribution < -0.4 is 15.4 Å². The summed E-state index contributed by atoms with van der Waals surface area (Å²) in [5, 5.41) is 5.70. The van der Waals surface area contributed by atoms with Crippen LogP contribution in [-0.4, -0.2) is 43.8 Å². The van der Waals surface area contributed by atoms with Crippen molar-refractivity contribution in [2.45, 2.75) is 13.8 Å². The molecule has 0 aliphatic carbocycles. The van der Waals surface area contributed by atoms with Gasteiger partial charge in [0.1, 0.15) is 15.6 Å². The fourth-order valence-electron chi connectivity index (χ4n) is 2.58. The number of thiocarbonyl (C=S) groups is 1. The van der Waals surface area contributed by atoms with Crippen LogP contribution in [0.15, 0.2) is 12.1 Å². The van der Waals surface area contributed by atoms with Gasteiger partial charge in [0, 0.05) is 5.02 Å². The molecule has 0 unspecified atom stereocenters. The van der Waals surface area contributed by atoms with Crippen molar-refractivity contribution in [1.29, 1.82) is 0 Å². The Bertz CT molecular complexity index is 1050. The van der Waals surface area contributed by atoms with E-state index in [0.29, 0.717) is 5.56 Å². The summed E-state index contributed by atoms with van der Waals surface area (Å²) in [5.41, 5.74) is 0.551. The molecule has 0 aliphatic heterocycles. The van der Waals surface area contributed by atoms with Crippen LogP contribution in [0.2, 0.25) is 10.0 Å². The monoisotopic (exact) mass is 504 g/mol. The van der Waals surface area contributed by atoms with Crippen LogP contribution in [0.3, 0.4) is 0 Å². The second kappa shape index (κ2) is 10.8. The lowest BCUT2D eigenvalue weighted by atomic mass is 10.1. The lowest BCUT2D eigenvalue weighted by Gasteiger charge is -2.13. The van der Waals surface area contributed by atoms with Crippen LogP contribution in [-0.2, 0) is 9.47 Å². The van der Waals surface area contributed by atoms with Gasteiger partial charge >= 0.3 is 11.9 Å². The second-order valence-corrected chi connectivity index (χ2v) is 8.12. The standard InChI is InChI=1S/C19H18Cl2N2O6S2/c1-5-29-17(25)12-8(2)14(18(26)28-4)31-16(12)23-19(30)22-15(24)10-6-9(20)7-11(21)13(10)27-3/h6-7H,5H2,1-4H3,(H2,22,23,24,30). The van der Waals surface area contributed by atoms with E-state index in [4.69, 9.17) is 49.6 Å². The molecule has 12 heteroatoms. The van der Waals surface area contributed by atoms with Gasteiger partial charge in [-0.25, -0.2) is 9.59 Å². The molecule has 1 amide bonds. The molecule has 0 saturated heterocycles. The smallest absolute Gasteiger partial charge is 0.348 e. The van der Waals surface area contributed by atoms with Crippen molar-refractivity contribution in [2.75, 3.05) is 26.1 Å². The average molecular weight is 505 g/mol. The van der Waals surface area contributed by atoms with Gasteiger partial charge in [0.15, 0.2) is 5.11 Å². The number of anilines is 1. The first kappa shape index (κ1) is 24.9. The minimum atomic E-state index is -0.647. The van der Waals surface area contributed by atoms with Gasteiger partial charge < -0.3 is 19.5 Å². The van der Waals surface area contributed by atoms with Crippen LogP contribution in [0, 0.1) is 6.92 Å². The Morgan fingerprint density at radius 2 is 1.84 bits per heavy atom. The molecule has 1 heterocycles. The lowest BCUT2D eigenvalue weighted by Crippen LogP contribution is -2.34. The van der Waals surface area contributed by atoms with Crippen molar-refractivity contribution in [3.8, 4) is 5.75 Å². The number of thiophene rings is 1. The topological polar surface area (TPSA) is 103 Å². The predicted octanol–water partition coefficient (Wildman–Crippen LogP) is 4.46. The number of ether oxygens (including phenoxy) is 3. The number of carbonyl (C=O) groups excluding carboxylic acids is 3. The number of nitrogens with one attached hydrogen (secondary N) is 2. The molecular formula is C19H18Cl2N2O6S2. The summed E-state index contributed by atoms with van der Waals surface area (Å²) in [6.07, 6.45) is 0. The molecule has 31 heavy (non-hydrogen) atoms. The fourth-order valence-corrected chi connectivity index (χ4v) is 4.53. The van der Waals surface area contributed by atoms with E-state index in [1.165, 1.54) is 26.4 Å². The number of hydrogen-bond donors (Lipinski definition) is 2. The maximum absolute atomic E-state index is 12.7. The van der Waals surface area contributed by atoms with E-state index in [1.54, 1.807) is 13.8 Å². The van der Waals surface area contributed by atoms with Gasteiger partial charge in [0.25, 0.3) is 5.91 Å². The van der Waals surface area contributed by atoms with Crippen molar-refractivity contribution in [3.05, 3.63) is 43.7 Å². The molecule has 8 nitrogen and oxygen atoms in total. The van der Waals surface area contributed by atoms with Crippen LogP contribution in [0.4, 0.5) is 5.00 Å². The summed E-state index contributed by atoms with van der Waals surface area (Å²) in [4.78, 5) is 37.3. The molecule has 0 atom stereocenters. The van der Waals surface area contributed by atoms with Crippen LogP contribution >= 0.6 is 46.8 Å². The number of carbonyl (C=O) groups is 3. The minimum absolute atomic E-state index is 0.0624. The van der Waals surface area contributed by atoms with Crippen molar-refractivity contribution in [2.24, 2.45) is 0 Å². The zero-order valence-electron chi connectivity index (χ0n) is 16.9. The van der Waals surface area contributed by atoms with Gasteiger partial charge in [-0.2, -0.15) is 0 Å². The Hall–Kier alpha value is -2.40. The number of esters is 2. The Morgan fingerprint density at radius 3 is 2.42 bits per heavy atom. The highest BCUT2D eigenvalue weighted by molar-refractivity contribution is 7.80. The van der Waals surface area contributed by atoms with E-state index in [2.05, 4.69) is 10.6 Å². The Balaban J connectivity index is 2.32. The third-order valence-corrected chi connectivity index (χ3v) is 5.80. The molecule has 0 aliphatic rings. The summed E-state index contributed by atoms with van der Waals surface area (Å²) in [6, 6.07) is 2.81. The number of rotatable bonds is 6. The van der Waals surface area contributed by atoms with Crippen LogP contribution in [0.5, 0.6) is 5.75 Å². The molecule has 0 bridgehead atoms. The zero-order chi connectivity index (χ0) is 23.3. The van der Waals surface area contributed by atoms with Crippen molar-refractivity contribution in [1.82, 2.24) is 5.32 Å². The molecular weight excluding hydrogens is 487 g/mol. The SMILES string of the molecule is CCOC(=O)c1c(NC(=S)NC(=O)c2cc(Cl)cc(Cl)c2OC)sc(C(=O)OC)c1C. The molecule has 2 aromatic rings. The quantitative estimate of drug-likeness (QED) is 0.438. The van der Waals surface area contributed by atoms with E-state index in [1.807, 2.05) is 0 Å². The van der Waals surface area contributed by atoms with E-state index in [-0.39, 0.29) is 48.5 Å². The molecule has 0 radical (unpaired) electrons. The number of benzene rings is 1. The number of methoxy groups -OCH3 is 2. The van der Waals surface area contributed by atoms with Crippen LogP contribution in [0.1, 0.15) is 42.9 Å². The maximum Gasteiger partial charge on any atom is 0.348 e. The van der Waals surface area contributed by atoms with Crippen LogP contribution in [0.25, 0.3) is 0 Å². The number of halogens is 2. The summed E-state index contributed by atoms with van der Waals surface area (Å²) < 4.78 is 15.0. The zero-order valence-corrected chi connectivity index (χ0v) is 20.0. The molecule has 1 aromatic heterocycles. The Morgan fingerprint density at radius 1 is 1.16 bits per heavy atom. The van der Waals surface area contributed by atoms with E-state index >= 15 is 0 Å². The Kier molecular flexibility index (Phi) is 8.63. The van der Waals surface area contributed by atoms with E-state index < -0.39 is 17.8 Å². The molecule has 1 aromatic carbocycles. The highest BCUT2D eigenvalue weighted by Crippen LogP contribution is 2.35. The normalized spacial score (nSPS) is 10.3. The summed E-state index contributed by atoms with van der Waals surface area (Å²) in [5.74, 6) is -1.78. The van der Waals surface area contributed by atoms with E-state index in [9.17, 15) is 14.4 Å². The summed E-state index contributed by atoms with van der Waals surface area (Å²) >= 11 is 18.2. The average Bonchev–Trinajstić information content (AvgIpc) is 3.02. The highest BCUT2D eigenvalue weighted by Gasteiger charge is 2.27. The second-order valence-electron chi connectivity index (χ2n) is 5.85. The van der Waals surface area contributed by atoms with Crippen molar-refractivity contribution >= 4 is 74.7 Å². The van der Waals surface area contributed by atoms with Gasteiger partial charge in [-0.15, -0.1) is 11.3 Å². The van der Waals surface area contributed by atoms with E-state index in [0.717, 1.165) is 11.3 Å². The summed E-state index contributed by atoms with van der Waals surface area (Å²) in [7, 11) is 2.59. The van der Waals surface area contributed by atoms with Gasteiger partial charge in [-0.3, -0.25) is 10.1 Å².